The number of hydrogen-bond acceptors (Lipinski definition) is 2. The minimum Gasteiger partial charge on any atom is -0.340 e. The van der Waals surface area contributed by atoms with Crippen LogP contribution in [0.3, 0.4) is 0 Å². The molecule has 0 spiro atoms. The van der Waals surface area contributed by atoms with E-state index in [9.17, 15) is 4.79 Å². The van der Waals surface area contributed by atoms with Gasteiger partial charge in [-0.2, -0.15) is 0 Å². The van der Waals surface area contributed by atoms with Crippen LogP contribution in [0, 0.1) is 0 Å². The molecule has 1 atom stereocenters. The minimum absolute atomic E-state index is 0.0458. The Morgan fingerprint density at radius 2 is 2.55 bits per heavy atom. The molecule has 1 heterocycles. The summed E-state index contributed by atoms with van der Waals surface area (Å²) in [6.45, 7) is 1.65. The Bertz CT molecular complexity index is 151. The van der Waals surface area contributed by atoms with Gasteiger partial charge in [0.15, 0.2) is 0 Å². The number of likely N-dealkylation sites (N-methyl/N-ethyl adjacent to an activating group) is 1. The maximum atomic E-state index is 11.0. The van der Waals surface area contributed by atoms with Gasteiger partial charge in [-0.15, -0.1) is 11.6 Å². The predicted octanol–water partition coefficient (Wildman–Crippen LogP) is 0.0455. The topological polar surface area (TPSA) is 32.3 Å². The maximum Gasteiger partial charge on any atom is 0.237 e. The highest BCUT2D eigenvalue weighted by Gasteiger charge is 2.23. The molecule has 0 radical (unpaired) electrons. The number of amides is 1. The molecule has 0 aromatic carbocycles. The fraction of sp³-hybridized carbons (Fsp3) is 0.857. The summed E-state index contributed by atoms with van der Waals surface area (Å²) in [5.41, 5.74) is 0. The summed E-state index contributed by atoms with van der Waals surface area (Å²) in [6, 6.07) is 0.460. The fourth-order valence-electron chi connectivity index (χ4n) is 1.31. The van der Waals surface area contributed by atoms with Gasteiger partial charge in [-0.05, 0) is 13.5 Å². The van der Waals surface area contributed by atoms with E-state index < -0.39 is 0 Å². The highest BCUT2D eigenvalue weighted by Crippen LogP contribution is 2.08. The Hall–Kier alpha value is -0.280. The van der Waals surface area contributed by atoms with E-state index >= 15 is 0 Å². The van der Waals surface area contributed by atoms with Gasteiger partial charge in [0.2, 0.25) is 5.91 Å². The molecule has 1 aliphatic rings. The van der Waals surface area contributed by atoms with Crippen LogP contribution < -0.4 is 5.32 Å². The van der Waals surface area contributed by atoms with Gasteiger partial charge in [0.1, 0.15) is 5.88 Å². The molecule has 3 nitrogen and oxygen atoms in total. The zero-order valence-corrected chi connectivity index (χ0v) is 7.40. The Labute approximate surface area is 71.7 Å². The molecule has 1 saturated heterocycles. The van der Waals surface area contributed by atoms with Gasteiger partial charge in [0, 0.05) is 19.1 Å². The van der Waals surface area contributed by atoms with Crippen molar-refractivity contribution in [2.75, 3.05) is 26.0 Å². The molecule has 0 bridgehead atoms. The van der Waals surface area contributed by atoms with Crippen LogP contribution in [0.4, 0.5) is 0 Å². The van der Waals surface area contributed by atoms with E-state index in [0.29, 0.717) is 6.04 Å². The van der Waals surface area contributed by atoms with E-state index in [1.54, 1.807) is 4.90 Å². The second-order valence-electron chi connectivity index (χ2n) is 2.75. The highest BCUT2D eigenvalue weighted by molar-refractivity contribution is 6.27. The molecule has 11 heavy (non-hydrogen) atoms. The van der Waals surface area contributed by atoms with Gasteiger partial charge in [-0.1, -0.05) is 0 Å². The summed E-state index contributed by atoms with van der Waals surface area (Å²) >= 11 is 5.41. The highest BCUT2D eigenvalue weighted by atomic mass is 35.5. The lowest BCUT2D eigenvalue weighted by Gasteiger charge is -2.14. The van der Waals surface area contributed by atoms with Crippen molar-refractivity contribution >= 4 is 17.5 Å². The van der Waals surface area contributed by atoms with Crippen LogP contribution in [0.2, 0.25) is 0 Å². The van der Waals surface area contributed by atoms with Gasteiger partial charge >= 0.3 is 0 Å². The second kappa shape index (κ2) is 3.93. The number of likely N-dealkylation sites (tertiary alicyclic amines) is 1. The van der Waals surface area contributed by atoms with Crippen molar-refractivity contribution in [3.05, 3.63) is 0 Å². The molecule has 1 unspecified atom stereocenters. The van der Waals surface area contributed by atoms with Gasteiger partial charge in [-0.25, -0.2) is 0 Å². The van der Waals surface area contributed by atoms with Crippen molar-refractivity contribution in [2.24, 2.45) is 0 Å². The zero-order valence-electron chi connectivity index (χ0n) is 6.64. The van der Waals surface area contributed by atoms with Gasteiger partial charge < -0.3 is 10.2 Å². The molecule has 0 aromatic heterocycles. The fourth-order valence-corrected chi connectivity index (χ4v) is 1.48. The average molecular weight is 177 g/mol. The van der Waals surface area contributed by atoms with Gasteiger partial charge in [0.05, 0.1) is 0 Å². The minimum atomic E-state index is 0.0458. The van der Waals surface area contributed by atoms with Gasteiger partial charge in [0.25, 0.3) is 0 Å². The summed E-state index contributed by atoms with van der Waals surface area (Å²) in [4.78, 5) is 12.8. The van der Waals surface area contributed by atoms with E-state index in [4.69, 9.17) is 11.6 Å². The molecule has 64 valence electrons. The lowest BCUT2D eigenvalue weighted by molar-refractivity contribution is -0.127. The van der Waals surface area contributed by atoms with E-state index in [1.165, 1.54) is 0 Å². The number of rotatable bonds is 2. The van der Waals surface area contributed by atoms with Crippen molar-refractivity contribution < 1.29 is 4.79 Å². The number of carbonyl (C=O) groups excluding carboxylic acids is 1. The number of nitrogens with one attached hydrogen (secondary N) is 1. The molecule has 0 aromatic rings. The van der Waals surface area contributed by atoms with Crippen LogP contribution in [-0.4, -0.2) is 42.9 Å². The smallest absolute Gasteiger partial charge is 0.237 e. The molecular weight excluding hydrogens is 164 g/mol. The summed E-state index contributed by atoms with van der Waals surface area (Å²) in [6.07, 6.45) is 1.04. The first-order chi connectivity index (χ1) is 5.27. The van der Waals surface area contributed by atoms with Crippen LogP contribution >= 0.6 is 11.6 Å². The largest absolute Gasteiger partial charge is 0.340 e. The van der Waals surface area contributed by atoms with Crippen molar-refractivity contribution in [3.63, 3.8) is 0 Å². The number of hydrogen-bond donors (Lipinski definition) is 1. The molecule has 1 amide bonds. The molecular formula is C7H13ClN2O. The Kier molecular flexibility index (Phi) is 3.15. The van der Waals surface area contributed by atoms with Crippen LogP contribution in [0.25, 0.3) is 0 Å². The predicted molar refractivity (Wildman–Crippen MR) is 44.8 cm³/mol. The number of carbonyl (C=O) groups is 1. The number of nitrogens with zero attached hydrogens (tertiary/aromatic N) is 1. The average Bonchev–Trinajstić information content (AvgIpc) is 2.50. The first-order valence-electron chi connectivity index (χ1n) is 3.79. The van der Waals surface area contributed by atoms with Gasteiger partial charge in [-0.3, -0.25) is 4.79 Å². The quantitative estimate of drug-likeness (QED) is 0.603. The molecule has 1 rings (SSSR count). The molecule has 0 aliphatic carbocycles. The van der Waals surface area contributed by atoms with E-state index in [1.807, 2.05) is 7.05 Å². The lowest BCUT2D eigenvalue weighted by Crippen LogP contribution is -2.33. The summed E-state index contributed by atoms with van der Waals surface area (Å²) in [5, 5.41) is 3.14. The standard InChI is InChI=1S/C7H13ClN2O/c1-9-6-2-3-10(5-6)7(11)4-8/h6,9H,2-5H2,1H3. The summed E-state index contributed by atoms with van der Waals surface area (Å²) in [5.74, 6) is 0.153. The number of alkyl halides is 1. The van der Waals surface area contributed by atoms with Crippen LogP contribution in [-0.2, 0) is 4.79 Å². The second-order valence-corrected chi connectivity index (χ2v) is 3.01. The Morgan fingerprint density at radius 1 is 1.82 bits per heavy atom. The Morgan fingerprint density at radius 3 is 3.00 bits per heavy atom. The van der Waals surface area contributed by atoms with Crippen molar-refractivity contribution in [1.29, 1.82) is 0 Å². The van der Waals surface area contributed by atoms with E-state index in [0.717, 1.165) is 19.5 Å². The third-order valence-electron chi connectivity index (χ3n) is 2.06. The molecule has 1 aliphatic heterocycles. The third-order valence-corrected chi connectivity index (χ3v) is 2.29. The van der Waals surface area contributed by atoms with Crippen molar-refractivity contribution in [1.82, 2.24) is 10.2 Å². The van der Waals surface area contributed by atoms with Crippen LogP contribution in [0.1, 0.15) is 6.42 Å². The molecule has 1 fully saturated rings. The maximum absolute atomic E-state index is 11.0. The number of halogens is 1. The first kappa shape index (κ1) is 8.81. The van der Waals surface area contributed by atoms with Crippen LogP contribution in [0.5, 0.6) is 0 Å². The lowest BCUT2D eigenvalue weighted by atomic mass is 10.3. The first-order valence-corrected chi connectivity index (χ1v) is 4.32. The van der Waals surface area contributed by atoms with Crippen molar-refractivity contribution in [3.8, 4) is 0 Å². The summed E-state index contributed by atoms with van der Waals surface area (Å²) < 4.78 is 0. The van der Waals surface area contributed by atoms with E-state index in [2.05, 4.69) is 5.32 Å². The Balaban J connectivity index is 2.35. The monoisotopic (exact) mass is 176 g/mol. The van der Waals surface area contributed by atoms with Crippen LogP contribution in [0.15, 0.2) is 0 Å². The zero-order chi connectivity index (χ0) is 8.27. The van der Waals surface area contributed by atoms with E-state index in [-0.39, 0.29) is 11.8 Å². The molecule has 4 heteroatoms. The third kappa shape index (κ3) is 2.07. The summed E-state index contributed by atoms with van der Waals surface area (Å²) in [7, 11) is 1.92. The molecule has 0 saturated carbocycles. The normalized spacial score (nSPS) is 24.2. The SMILES string of the molecule is CNC1CCN(C(=O)CCl)C1. The van der Waals surface area contributed by atoms with Crippen molar-refractivity contribution in [2.45, 2.75) is 12.5 Å². The molecule has 1 N–H and O–H groups in total.